The molecule has 0 aromatic carbocycles. The summed E-state index contributed by atoms with van der Waals surface area (Å²) in [6, 6.07) is 0. The molecule has 1 unspecified atom stereocenters. The van der Waals surface area contributed by atoms with Crippen LogP contribution in [0.15, 0.2) is 4.99 Å². The number of aliphatic imine (C=N–C) groups is 1. The summed E-state index contributed by atoms with van der Waals surface area (Å²) in [5.74, 6) is 2.71. The fourth-order valence-corrected chi connectivity index (χ4v) is 2.72. The molecule has 1 heterocycles. The van der Waals surface area contributed by atoms with Gasteiger partial charge < -0.3 is 15.5 Å². The van der Waals surface area contributed by atoms with Gasteiger partial charge in [-0.15, -0.1) is 0 Å². The molecule has 2 N–H and O–H groups in total. The van der Waals surface area contributed by atoms with Crippen molar-refractivity contribution >= 4 is 17.7 Å². The number of rotatable bonds is 7. The SMILES string of the molecule is CN=C(NCCSC)NCC(C)CN1CCCCC1. The zero-order valence-electron chi connectivity index (χ0n) is 12.7. The van der Waals surface area contributed by atoms with Gasteiger partial charge in [-0.2, -0.15) is 11.8 Å². The van der Waals surface area contributed by atoms with Crippen molar-refractivity contribution in [2.45, 2.75) is 26.2 Å². The highest BCUT2D eigenvalue weighted by Crippen LogP contribution is 2.10. The number of hydrogen-bond donors (Lipinski definition) is 2. The molecule has 1 saturated heterocycles. The Kier molecular flexibility index (Phi) is 9.08. The van der Waals surface area contributed by atoms with E-state index in [0.29, 0.717) is 5.92 Å². The van der Waals surface area contributed by atoms with Crippen LogP contribution in [0.25, 0.3) is 0 Å². The van der Waals surface area contributed by atoms with E-state index in [1.807, 2.05) is 18.8 Å². The molecule has 1 aliphatic rings. The van der Waals surface area contributed by atoms with Gasteiger partial charge in [0.2, 0.25) is 0 Å². The van der Waals surface area contributed by atoms with Crippen molar-refractivity contribution in [2.75, 3.05) is 51.8 Å². The molecular formula is C14H30N4S. The summed E-state index contributed by atoms with van der Waals surface area (Å²) >= 11 is 1.85. The average Bonchev–Trinajstić information content (AvgIpc) is 2.44. The standard InChI is InChI=1S/C14H30N4S/c1-13(12-18-8-5-4-6-9-18)11-17-14(15-2)16-7-10-19-3/h13H,4-12H2,1-3H3,(H2,15,16,17). The smallest absolute Gasteiger partial charge is 0.191 e. The highest BCUT2D eigenvalue weighted by atomic mass is 32.2. The first-order valence-corrected chi connectivity index (χ1v) is 8.81. The highest BCUT2D eigenvalue weighted by molar-refractivity contribution is 7.98. The molecule has 1 atom stereocenters. The summed E-state index contributed by atoms with van der Waals surface area (Å²) in [4.78, 5) is 6.85. The van der Waals surface area contributed by atoms with Crippen LogP contribution in [-0.2, 0) is 0 Å². The van der Waals surface area contributed by atoms with Gasteiger partial charge in [0.15, 0.2) is 5.96 Å². The van der Waals surface area contributed by atoms with E-state index >= 15 is 0 Å². The van der Waals surface area contributed by atoms with E-state index in [-0.39, 0.29) is 0 Å². The third-order valence-electron chi connectivity index (χ3n) is 3.46. The minimum absolute atomic E-state index is 0.664. The lowest BCUT2D eigenvalue weighted by atomic mass is 10.1. The number of piperidine rings is 1. The lowest BCUT2D eigenvalue weighted by Crippen LogP contribution is -2.43. The maximum absolute atomic E-state index is 4.25. The Morgan fingerprint density at radius 3 is 2.63 bits per heavy atom. The number of guanidine groups is 1. The largest absolute Gasteiger partial charge is 0.356 e. The van der Waals surface area contributed by atoms with E-state index in [2.05, 4.69) is 33.7 Å². The summed E-state index contributed by atoms with van der Waals surface area (Å²) in [6.07, 6.45) is 6.28. The first-order valence-electron chi connectivity index (χ1n) is 7.42. The van der Waals surface area contributed by atoms with Gasteiger partial charge in [0, 0.05) is 32.4 Å². The third-order valence-corrected chi connectivity index (χ3v) is 4.07. The molecule has 0 aliphatic carbocycles. The molecule has 112 valence electrons. The summed E-state index contributed by atoms with van der Waals surface area (Å²) in [6.45, 7) is 8.05. The Bertz CT molecular complexity index is 252. The van der Waals surface area contributed by atoms with E-state index in [1.54, 1.807) is 0 Å². The Morgan fingerprint density at radius 2 is 2.00 bits per heavy atom. The van der Waals surface area contributed by atoms with E-state index < -0.39 is 0 Å². The number of nitrogens with zero attached hydrogens (tertiary/aromatic N) is 2. The highest BCUT2D eigenvalue weighted by Gasteiger charge is 2.13. The van der Waals surface area contributed by atoms with Crippen LogP contribution in [0.3, 0.4) is 0 Å². The molecule has 0 bridgehead atoms. The van der Waals surface area contributed by atoms with Crippen LogP contribution in [-0.4, -0.2) is 62.6 Å². The summed E-state index contributed by atoms with van der Waals surface area (Å²) in [5, 5.41) is 6.75. The molecule has 0 radical (unpaired) electrons. The van der Waals surface area contributed by atoms with Crippen molar-refractivity contribution < 1.29 is 0 Å². The minimum Gasteiger partial charge on any atom is -0.356 e. The van der Waals surface area contributed by atoms with Crippen LogP contribution in [0.5, 0.6) is 0 Å². The maximum Gasteiger partial charge on any atom is 0.191 e. The summed E-state index contributed by atoms with van der Waals surface area (Å²) in [7, 11) is 1.84. The van der Waals surface area contributed by atoms with Gasteiger partial charge in [0.05, 0.1) is 0 Å². The maximum atomic E-state index is 4.25. The molecule has 0 amide bonds. The lowest BCUT2D eigenvalue weighted by Gasteiger charge is -2.29. The quantitative estimate of drug-likeness (QED) is 0.424. The normalized spacial score (nSPS) is 19.2. The molecule has 1 rings (SSSR count). The molecular weight excluding hydrogens is 256 g/mol. The van der Waals surface area contributed by atoms with Crippen LogP contribution in [0, 0.1) is 5.92 Å². The van der Waals surface area contributed by atoms with E-state index in [1.165, 1.54) is 38.9 Å². The van der Waals surface area contributed by atoms with E-state index in [0.717, 1.165) is 24.8 Å². The van der Waals surface area contributed by atoms with Gasteiger partial charge in [0.25, 0.3) is 0 Å². The van der Waals surface area contributed by atoms with Gasteiger partial charge in [-0.3, -0.25) is 4.99 Å². The van der Waals surface area contributed by atoms with E-state index in [4.69, 9.17) is 0 Å². The van der Waals surface area contributed by atoms with Crippen molar-refractivity contribution in [1.29, 1.82) is 0 Å². The molecule has 19 heavy (non-hydrogen) atoms. The second-order valence-electron chi connectivity index (χ2n) is 5.34. The molecule has 0 aromatic heterocycles. The lowest BCUT2D eigenvalue weighted by molar-refractivity contribution is 0.201. The molecule has 1 aliphatic heterocycles. The van der Waals surface area contributed by atoms with Gasteiger partial charge in [-0.25, -0.2) is 0 Å². The molecule has 0 saturated carbocycles. The van der Waals surface area contributed by atoms with E-state index in [9.17, 15) is 0 Å². The second kappa shape index (κ2) is 10.4. The number of thioether (sulfide) groups is 1. The van der Waals surface area contributed by atoms with Gasteiger partial charge in [-0.05, 0) is 38.1 Å². The summed E-state index contributed by atoms with van der Waals surface area (Å²) < 4.78 is 0. The van der Waals surface area contributed by atoms with Crippen LogP contribution in [0.4, 0.5) is 0 Å². The molecule has 1 fully saturated rings. The Labute approximate surface area is 122 Å². The Morgan fingerprint density at radius 1 is 1.26 bits per heavy atom. The van der Waals surface area contributed by atoms with Crippen molar-refractivity contribution in [3.8, 4) is 0 Å². The fraction of sp³-hybridized carbons (Fsp3) is 0.929. The molecule has 5 heteroatoms. The van der Waals surface area contributed by atoms with Crippen molar-refractivity contribution in [3.05, 3.63) is 0 Å². The second-order valence-corrected chi connectivity index (χ2v) is 6.32. The monoisotopic (exact) mass is 286 g/mol. The topological polar surface area (TPSA) is 39.7 Å². The van der Waals surface area contributed by atoms with Crippen molar-refractivity contribution in [2.24, 2.45) is 10.9 Å². The minimum atomic E-state index is 0.664. The van der Waals surface area contributed by atoms with Gasteiger partial charge >= 0.3 is 0 Å². The molecule has 0 spiro atoms. The zero-order valence-corrected chi connectivity index (χ0v) is 13.6. The van der Waals surface area contributed by atoms with Gasteiger partial charge in [-0.1, -0.05) is 13.3 Å². The average molecular weight is 286 g/mol. The first-order chi connectivity index (χ1) is 9.26. The predicted octanol–water partition coefficient (Wildman–Crippen LogP) is 1.64. The predicted molar refractivity (Wildman–Crippen MR) is 87.2 cm³/mol. The third kappa shape index (κ3) is 7.67. The van der Waals surface area contributed by atoms with Crippen LogP contribution in [0.2, 0.25) is 0 Å². The first kappa shape index (κ1) is 16.6. The van der Waals surface area contributed by atoms with Crippen LogP contribution >= 0.6 is 11.8 Å². The van der Waals surface area contributed by atoms with Crippen molar-refractivity contribution in [1.82, 2.24) is 15.5 Å². The van der Waals surface area contributed by atoms with Crippen LogP contribution in [0.1, 0.15) is 26.2 Å². The van der Waals surface area contributed by atoms with Crippen LogP contribution < -0.4 is 10.6 Å². The summed E-state index contributed by atoms with van der Waals surface area (Å²) in [5.41, 5.74) is 0. The molecule has 4 nitrogen and oxygen atoms in total. The van der Waals surface area contributed by atoms with Crippen molar-refractivity contribution in [3.63, 3.8) is 0 Å². The molecule has 0 aromatic rings. The number of likely N-dealkylation sites (tertiary alicyclic amines) is 1. The fourth-order valence-electron chi connectivity index (χ4n) is 2.41. The number of hydrogen-bond acceptors (Lipinski definition) is 3. The Hall–Kier alpha value is -0.420. The zero-order chi connectivity index (χ0) is 13.9. The number of nitrogens with one attached hydrogen (secondary N) is 2. The van der Waals surface area contributed by atoms with Gasteiger partial charge in [0.1, 0.15) is 0 Å². The Balaban J connectivity index is 2.14.